The molecule has 3 rings (SSSR count). The predicted octanol–water partition coefficient (Wildman–Crippen LogP) is 3.78. The molecule has 0 aliphatic heterocycles. The fourth-order valence-corrected chi connectivity index (χ4v) is 3.28. The summed E-state index contributed by atoms with van der Waals surface area (Å²) in [5.74, 6) is 0. The third-order valence-electron chi connectivity index (χ3n) is 4.81. The zero-order valence-electron chi connectivity index (χ0n) is 17.5. The highest BCUT2D eigenvalue weighted by Gasteiger charge is 2.25. The molecule has 0 atom stereocenters. The van der Waals surface area contributed by atoms with Crippen molar-refractivity contribution >= 4 is 39.8 Å². The summed E-state index contributed by atoms with van der Waals surface area (Å²) in [5.41, 5.74) is 1.20. The van der Waals surface area contributed by atoms with Crippen LogP contribution in [0.2, 0.25) is 0 Å². The Morgan fingerprint density at radius 3 is 1.67 bits per heavy atom. The lowest BCUT2D eigenvalue weighted by Crippen LogP contribution is -2.29. The highest BCUT2D eigenvalue weighted by Crippen LogP contribution is 2.39. The molecule has 4 N–H and O–H groups in total. The average Bonchev–Trinajstić information content (AvgIpc) is 2.80. The molecule has 33 heavy (non-hydrogen) atoms. The van der Waals surface area contributed by atoms with Gasteiger partial charge >= 0.3 is 0 Å². The van der Waals surface area contributed by atoms with E-state index in [1.54, 1.807) is 59.5 Å². The first kappa shape index (κ1) is 23.4. The van der Waals surface area contributed by atoms with Gasteiger partial charge in [-0.3, -0.25) is 20.2 Å². The molecule has 0 fully saturated rings. The molecule has 0 aliphatic rings. The van der Waals surface area contributed by atoms with E-state index in [2.05, 4.69) is 10.6 Å². The van der Waals surface area contributed by atoms with Crippen LogP contribution in [0.5, 0.6) is 0 Å². The van der Waals surface area contributed by atoms with E-state index in [4.69, 9.17) is 0 Å². The van der Waals surface area contributed by atoms with E-state index < -0.39 is 21.2 Å². The number of benzene rings is 3. The Hall–Kier alpha value is -4.22. The van der Waals surface area contributed by atoms with Gasteiger partial charge in [0.15, 0.2) is 0 Å². The summed E-state index contributed by atoms with van der Waals surface area (Å²) in [6.07, 6.45) is 0. The molecule has 0 aliphatic carbocycles. The smallest absolute Gasteiger partial charge is 0.299 e. The van der Waals surface area contributed by atoms with Gasteiger partial charge < -0.3 is 25.7 Å². The Balaban J connectivity index is 1.95. The fraction of sp³-hybridized carbons (Fsp3) is 0.182. The van der Waals surface area contributed by atoms with E-state index >= 15 is 0 Å². The van der Waals surface area contributed by atoms with Gasteiger partial charge in [-0.2, -0.15) is 0 Å². The minimum Gasteiger partial charge on any atom is -0.395 e. The number of para-hydroxylation sites is 1. The maximum atomic E-state index is 11.6. The number of nitro groups is 2. The molecule has 0 amide bonds. The topological polar surface area (TPSA) is 154 Å². The molecular formula is C22H23N5O6. The summed E-state index contributed by atoms with van der Waals surface area (Å²) >= 11 is 0. The van der Waals surface area contributed by atoms with Crippen LogP contribution < -0.4 is 15.5 Å². The number of hydrogen-bond acceptors (Lipinski definition) is 9. The second kappa shape index (κ2) is 10.9. The Kier molecular flexibility index (Phi) is 7.73. The summed E-state index contributed by atoms with van der Waals surface area (Å²) in [7, 11) is 0. The SMILES string of the molecule is O=[N+]([O-])c1cc([N+](=O)[O-])c(Nc2ccc(N(CCO)CCO)cc2)cc1Nc1ccccc1. The van der Waals surface area contributed by atoms with E-state index in [-0.39, 0.29) is 24.6 Å². The monoisotopic (exact) mass is 453 g/mol. The molecule has 0 saturated carbocycles. The Bertz CT molecular complexity index is 1100. The number of aliphatic hydroxyl groups is 2. The molecule has 3 aromatic carbocycles. The van der Waals surface area contributed by atoms with Crippen LogP contribution in [0.4, 0.5) is 39.8 Å². The fourth-order valence-electron chi connectivity index (χ4n) is 3.28. The molecule has 11 nitrogen and oxygen atoms in total. The van der Waals surface area contributed by atoms with E-state index in [0.717, 1.165) is 11.8 Å². The second-order valence-corrected chi connectivity index (χ2v) is 7.00. The number of rotatable bonds is 11. The van der Waals surface area contributed by atoms with E-state index in [1.807, 2.05) is 0 Å². The number of nitrogens with zero attached hydrogens (tertiary/aromatic N) is 3. The Labute approximate surface area is 189 Å². The van der Waals surface area contributed by atoms with Crippen molar-refractivity contribution in [1.82, 2.24) is 0 Å². The number of anilines is 5. The summed E-state index contributed by atoms with van der Waals surface area (Å²) in [5, 5.41) is 47.4. The third-order valence-corrected chi connectivity index (χ3v) is 4.81. The minimum atomic E-state index is -0.680. The van der Waals surface area contributed by atoms with Gasteiger partial charge in [-0.25, -0.2) is 0 Å². The van der Waals surface area contributed by atoms with Crippen molar-refractivity contribution in [2.75, 3.05) is 41.8 Å². The van der Waals surface area contributed by atoms with Gasteiger partial charge in [0.2, 0.25) is 0 Å². The second-order valence-electron chi connectivity index (χ2n) is 7.00. The van der Waals surface area contributed by atoms with Gasteiger partial charge in [-0.05, 0) is 42.5 Å². The van der Waals surface area contributed by atoms with Crippen LogP contribution in [-0.2, 0) is 0 Å². The first-order chi connectivity index (χ1) is 15.9. The first-order valence-corrected chi connectivity index (χ1v) is 10.1. The zero-order chi connectivity index (χ0) is 23.8. The van der Waals surface area contributed by atoms with Crippen LogP contribution in [0.1, 0.15) is 0 Å². The number of hydrogen-bond donors (Lipinski definition) is 4. The van der Waals surface area contributed by atoms with Crippen molar-refractivity contribution in [2.24, 2.45) is 0 Å². The number of nitrogens with one attached hydrogen (secondary N) is 2. The van der Waals surface area contributed by atoms with Crippen molar-refractivity contribution in [3.05, 3.63) is 87.0 Å². The summed E-state index contributed by atoms with van der Waals surface area (Å²) in [6, 6.07) is 17.9. The largest absolute Gasteiger partial charge is 0.395 e. The molecule has 0 radical (unpaired) electrons. The first-order valence-electron chi connectivity index (χ1n) is 10.1. The van der Waals surface area contributed by atoms with Crippen molar-refractivity contribution in [3.8, 4) is 0 Å². The van der Waals surface area contributed by atoms with Gasteiger partial charge in [0.25, 0.3) is 11.4 Å². The molecule has 3 aromatic rings. The molecule has 0 saturated heterocycles. The van der Waals surface area contributed by atoms with Gasteiger partial charge in [0.05, 0.1) is 29.1 Å². The van der Waals surface area contributed by atoms with Crippen molar-refractivity contribution < 1.29 is 20.1 Å². The van der Waals surface area contributed by atoms with Gasteiger partial charge in [0, 0.05) is 30.2 Å². The van der Waals surface area contributed by atoms with E-state index in [9.17, 15) is 30.4 Å². The normalized spacial score (nSPS) is 10.5. The Morgan fingerprint density at radius 1 is 0.727 bits per heavy atom. The van der Waals surface area contributed by atoms with Crippen LogP contribution in [0, 0.1) is 20.2 Å². The predicted molar refractivity (Wildman–Crippen MR) is 126 cm³/mol. The highest BCUT2D eigenvalue weighted by atomic mass is 16.6. The van der Waals surface area contributed by atoms with Crippen molar-refractivity contribution in [1.29, 1.82) is 0 Å². The maximum Gasteiger partial charge on any atom is 0.299 e. The lowest BCUT2D eigenvalue weighted by Gasteiger charge is -2.23. The number of aliphatic hydroxyl groups excluding tert-OH is 2. The standard InChI is InChI=1S/C22H23N5O6/c28-12-10-25(11-13-29)18-8-6-17(7-9-18)24-20-14-19(23-16-4-2-1-3-5-16)21(26(30)31)15-22(20)27(32)33/h1-9,14-15,23-24,28-29H,10-13H2. The van der Waals surface area contributed by atoms with Crippen LogP contribution in [0.15, 0.2) is 66.7 Å². The molecule has 0 spiro atoms. The molecule has 11 heteroatoms. The molecular weight excluding hydrogens is 430 g/mol. The molecule has 172 valence electrons. The van der Waals surface area contributed by atoms with Gasteiger partial charge in [-0.1, -0.05) is 18.2 Å². The molecule has 0 aromatic heterocycles. The molecule has 0 heterocycles. The highest BCUT2D eigenvalue weighted by molar-refractivity contribution is 5.82. The summed E-state index contributed by atoms with van der Waals surface area (Å²) in [4.78, 5) is 23.6. The lowest BCUT2D eigenvalue weighted by atomic mass is 10.1. The average molecular weight is 453 g/mol. The quantitative estimate of drug-likeness (QED) is 0.251. The van der Waals surface area contributed by atoms with Crippen LogP contribution >= 0.6 is 0 Å². The van der Waals surface area contributed by atoms with Gasteiger partial charge in [-0.15, -0.1) is 0 Å². The van der Waals surface area contributed by atoms with Crippen molar-refractivity contribution in [3.63, 3.8) is 0 Å². The third kappa shape index (κ3) is 5.93. The van der Waals surface area contributed by atoms with E-state index in [1.165, 1.54) is 6.07 Å². The van der Waals surface area contributed by atoms with E-state index in [0.29, 0.717) is 24.5 Å². The maximum absolute atomic E-state index is 11.6. The summed E-state index contributed by atoms with van der Waals surface area (Å²) in [6.45, 7) is 0.531. The van der Waals surface area contributed by atoms with Crippen LogP contribution in [-0.4, -0.2) is 46.4 Å². The lowest BCUT2D eigenvalue weighted by molar-refractivity contribution is -0.393. The molecule has 0 unspecified atom stereocenters. The van der Waals surface area contributed by atoms with Crippen LogP contribution in [0.3, 0.4) is 0 Å². The molecule has 0 bridgehead atoms. The van der Waals surface area contributed by atoms with Crippen molar-refractivity contribution in [2.45, 2.75) is 0 Å². The minimum absolute atomic E-state index is 0.0772. The summed E-state index contributed by atoms with van der Waals surface area (Å²) < 4.78 is 0. The number of nitro benzene ring substituents is 2. The van der Waals surface area contributed by atoms with Crippen LogP contribution in [0.25, 0.3) is 0 Å². The van der Waals surface area contributed by atoms with Gasteiger partial charge in [0.1, 0.15) is 11.4 Å². The zero-order valence-corrected chi connectivity index (χ0v) is 17.5. The Morgan fingerprint density at radius 2 is 1.21 bits per heavy atom.